The SMILES string of the molecule is Cc1ccc(CCn2ccc(=S)c(O)c2C)cc1C. The van der Waals surface area contributed by atoms with Crippen LogP contribution in [0.15, 0.2) is 30.5 Å². The summed E-state index contributed by atoms with van der Waals surface area (Å²) in [4.78, 5) is 0. The first-order valence-corrected chi connectivity index (χ1v) is 6.85. The van der Waals surface area contributed by atoms with Gasteiger partial charge in [-0.2, -0.15) is 0 Å². The Bertz CT molecular complexity index is 658. The second-order valence-electron chi connectivity index (χ2n) is 4.98. The van der Waals surface area contributed by atoms with Gasteiger partial charge in [-0.3, -0.25) is 0 Å². The molecule has 0 amide bonds. The summed E-state index contributed by atoms with van der Waals surface area (Å²) >= 11 is 5.05. The zero-order chi connectivity index (χ0) is 14.0. The van der Waals surface area contributed by atoms with E-state index in [4.69, 9.17) is 12.2 Å². The van der Waals surface area contributed by atoms with E-state index in [1.807, 2.05) is 17.7 Å². The largest absolute Gasteiger partial charge is 0.505 e. The fourth-order valence-corrected chi connectivity index (χ4v) is 2.32. The van der Waals surface area contributed by atoms with Crippen molar-refractivity contribution >= 4 is 12.2 Å². The molecule has 0 aliphatic rings. The van der Waals surface area contributed by atoms with E-state index in [1.165, 1.54) is 16.7 Å². The monoisotopic (exact) mass is 273 g/mol. The third-order valence-electron chi connectivity index (χ3n) is 3.63. The van der Waals surface area contributed by atoms with Crippen LogP contribution < -0.4 is 0 Å². The van der Waals surface area contributed by atoms with Gasteiger partial charge in [-0.25, -0.2) is 0 Å². The van der Waals surface area contributed by atoms with Crippen molar-refractivity contribution in [2.75, 3.05) is 0 Å². The van der Waals surface area contributed by atoms with Crippen LogP contribution in [-0.4, -0.2) is 9.67 Å². The van der Waals surface area contributed by atoms with Crippen LogP contribution in [0.5, 0.6) is 5.75 Å². The van der Waals surface area contributed by atoms with E-state index in [0.717, 1.165) is 18.7 Å². The summed E-state index contributed by atoms with van der Waals surface area (Å²) < 4.78 is 2.56. The zero-order valence-electron chi connectivity index (χ0n) is 11.6. The van der Waals surface area contributed by atoms with Gasteiger partial charge in [0.2, 0.25) is 0 Å². The molecule has 0 radical (unpaired) electrons. The molecule has 0 bridgehead atoms. The van der Waals surface area contributed by atoms with Crippen LogP contribution in [0.2, 0.25) is 0 Å². The first kappa shape index (κ1) is 13.8. The standard InChI is InChI=1S/C16H19NOS/c1-11-4-5-14(10-12(11)2)6-8-17-9-7-15(19)16(18)13(17)3/h4-5,7,9-10,18H,6,8H2,1-3H3. The lowest BCUT2D eigenvalue weighted by Gasteiger charge is -2.12. The molecule has 1 aromatic carbocycles. The van der Waals surface area contributed by atoms with Gasteiger partial charge in [-0.15, -0.1) is 0 Å². The summed E-state index contributed by atoms with van der Waals surface area (Å²) in [7, 11) is 0. The van der Waals surface area contributed by atoms with E-state index in [-0.39, 0.29) is 5.75 Å². The molecule has 0 spiro atoms. The molecule has 0 atom stereocenters. The Morgan fingerprint density at radius 3 is 2.53 bits per heavy atom. The van der Waals surface area contributed by atoms with Gasteiger partial charge >= 0.3 is 0 Å². The fraction of sp³-hybridized carbons (Fsp3) is 0.312. The third kappa shape index (κ3) is 3.04. The van der Waals surface area contributed by atoms with Crippen LogP contribution in [0.25, 0.3) is 0 Å². The average molecular weight is 273 g/mol. The van der Waals surface area contributed by atoms with Crippen LogP contribution in [-0.2, 0) is 13.0 Å². The van der Waals surface area contributed by atoms with Crippen molar-refractivity contribution in [3.63, 3.8) is 0 Å². The summed E-state index contributed by atoms with van der Waals surface area (Å²) in [5, 5.41) is 9.84. The molecule has 19 heavy (non-hydrogen) atoms. The first-order chi connectivity index (χ1) is 8.99. The van der Waals surface area contributed by atoms with Crippen LogP contribution in [0, 0.1) is 25.3 Å². The second-order valence-corrected chi connectivity index (χ2v) is 5.42. The predicted octanol–water partition coefficient (Wildman–Crippen LogP) is 4.09. The molecule has 100 valence electrons. The summed E-state index contributed by atoms with van der Waals surface area (Å²) in [6, 6.07) is 8.33. The van der Waals surface area contributed by atoms with Crippen molar-refractivity contribution < 1.29 is 5.11 Å². The van der Waals surface area contributed by atoms with Crippen molar-refractivity contribution in [3.8, 4) is 5.75 Å². The summed E-state index contributed by atoms with van der Waals surface area (Å²) in [6.07, 6.45) is 2.89. The molecule has 0 unspecified atom stereocenters. The molecule has 1 aromatic heterocycles. The average Bonchev–Trinajstić information content (AvgIpc) is 2.39. The Labute approximate surface area is 119 Å². The van der Waals surface area contributed by atoms with Crippen molar-refractivity contribution in [2.45, 2.75) is 33.7 Å². The fourth-order valence-electron chi connectivity index (χ4n) is 2.11. The number of nitrogens with zero attached hydrogens (tertiary/aromatic N) is 1. The molecular formula is C16H19NOS. The van der Waals surface area contributed by atoms with Crippen LogP contribution in [0.4, 0.5) is 0 Å². The van der Waals surface area contributed by atoms with Crippen molar-refractivity contribution in [1.82, 2.24) is 4.57 Å². The van der Waals surface area contributed by atoms with Crippen molar-refractivity contribution in [3.05, 3.63) is 57.4 Å². The summed E-state index contributed by atoms with van der Waals surface area (Å²) in [6.45, 7) is 7.00. The molecule has 0 aliphatic carbocycles. The van der Waals surface area contributed by atoms with Gasteiger partial charge in [0, 0.05) is 12.7 Å². The van der Waals surface area contributed by atoms with Crippen LogP contribution >= 0.6 is 12.2 Å². The normalized spacial score (nSPS) is 10.7. The number of aromatic hydroxyl groups is 1. The van der Waals surface area contributed by atoms with Gasteiger partial charge in [0.05, 0.1) is 10.2 Å². The number of aromatic nitrogens is 1. The smallest absolute Gasteiger partial charge is 0.152 e. The van der Waals surface area contributed by atoms with E-state index in [1.54, 1.807) is 6.07 Å². The maximum Gasteiger partial charge on any atom is 0.152 e. The van der Waals surface area contributed by atoms with E-state index >= 15 is 0 Å². The molecule has 1 heterocycles. The van der Waals surface area contributed by atoms with E-state index in [9.17, 15) is 5.11 Å². The minimum absolute atomic E-state index is 0.220. The second kappa shape index (κ2) is 5.57. The highest BCUT2D eigenvalue weighted by atomic mass is 32.1. The number of pyridine rings is 1. The van der Waals surface area contributed by atoms with Gasteiger partial charge in [0.1, 0.15) is 0 Å². The maximum atomic E-state index is 9.84. The van der Waals surface area contributed by atoms with E-state index in [2.05, 4.69) is 32.0 Å². The number of rotatable bonds is 3. The molecular weight excluding hydrogens is 254 g/mol. The lowest BCUT2D eigenvalue weighted by molar-refractivity contribution is 0.456. The Kier molecular flexibility index (Phi) is 4.05. The molecule has 2 aromatic rings. The van der Waals surface area contributed by atoms with Crippen LogP contribution in [0.1, 0.15) is 22.4 Å². The van der Waals surface area contributed by atoms with Gasteiger partial charge in [0.15, 0.2) is 5.75 Å². The van der Waals surface area contributed by atoms with Gasteiger partial charge < -0.3 is 9.67 Å². The topological polar surface area (TPSA) is 25.2 Å². The Balaban J connectivity index is 2.17. The molecule has 0 aliphatic heterocycles. The van der Waals surface area contributed by atoms with Crippen molar-refractivity contribution in [1.29, 1.82) is 0 Å². The molecule has 0 fully saturated rings. The lowest BCUT2D eigenvalue weighted by atomic mass is 10.0. The van der Waals surface area contributed by atoms with Gasteiger partial charge in [0.25, 0.3) is 0 Å². The molecule has 1 N–H and O–H groups in total. The molecule has 0 saturated carbocycles. The quantitative estimate of drug-likeness (QED) is 0.852. The minimum Gasteiger partial charge on any atom is -0.505 e. The molecule has 2 nitrogen and oxygen atoms in total. The van der Waals surface area contributed by atoms with Crippen LogP contribution in [0.3, 0.4) is 0 Å². The lowest BCUT2D eigenvalue weighted by Crippen LogP contribution is -2.05. The first-order valence-electron chi connectivity index (χ1n) is 6.44. The molecule has 0 saturated heterocycles. The summed E-state index contributed by atoms with van der Waals surface area (Å²) in [5.74, 6) is 0.220. The van der Waals surface area contributed by atoms with E-state index < -0.39 is 0 Å². The Morgan fingerprint density at radius 1 is 1.11 bits per heavy atom. The van der Waals surface area contributed by atoms with Gasteiger partial charge in [-0.1, -0.05) is 30.4 Å². The summed E-state index contributed by atoms with van der Waals surface area (Å²) in [5.41, 5.74) is 4.79. The number of benzene rings is 1. The van der Waals surface area contributed by atoms with E-state index in [0.29, 0.717) is 4.51 Å². The molecule has 2 rings (SSSR count). The zero-order valence-corrected chi connectivity index (χ0v) is 12.4. The minimum atomic E-state index is 0.220. The highest BCUT2D eigenvalue weighted by molar-refractivity contribution is 7.71. The third-order valence-corrected chi connectivity index (χ3v) is 3.95. The Hall–Kier alpha value is -1.61. The number of hydrogen-bond acceptors (Lipinski definition) is 2. The molecule has 3 heteroatoms. The van der Waals surface area contributed by atoms with Gasteiger partial charge in [-0.05, 0) is 49.9 Å². The Morgan fingerprint density at radius 2 is 1.84 bits per heavy atom. The number of hydrogen-bond donors (Lipinski definition) is 1. The number of aryl methyl sites for hydroxylation is 4. The highest BCUT2D eigenvalue weighted by Crippen LogP contribution is 2.18. The maximum absolute atomic E-state index is 9.84. The van der Waals surface area contributed by atoms with Crippen molar-refractivity contribution in [2.24, 2.45) is 0 Å². The highest BCUT2D eigenvalue weighted by Gasteiger charge is 2.03. The predicted molar refractivity (Wildman–Crippen MR) is 81.3 cm³/mol.